The Morgan fingerprint density at radius 3 is 2.75 bits per heavy atom. The number of hydrogen-bond acceptors (Lipinski definition) is 2. The Labute approximate surface area is 123 Å². The number of benzene rings is 1. The second-order valence-corrected chi connectivity index (χ2v) is 5.35. The average molecular weight is 303 g/mol. The van der Waals surface area contributed by atoms with E-state index in [1.807, 2.05) is 13.8 Å². The monoisotopic (exact) mass is 302 g/mol. The van der Waals surface area contributed by atoms with Crippen molar-refractivity contribution in [2.75, 3.05) is 6.61 Å². The molecule has 2 amide bonds. The molecule has 1 aromatic carbocycles. The standard InChI is InChI=1S/C14H20ClFN2O2/c1-3-14(2,6-7-19)18-13(20)17-9-10-4-5-12(16)11(15)8-10/h4-5,8,19H,3,6-7,9H2,1-2H3,(H2,17,18,20). The van der Waals surface area contributed by atoms with Gasteiger partial charge in [0.25, 0.3) is 0 Å². The lowest BCUT2D eigenvalue weighted by molar-refractivity contribution is 0.200. The van der Waals surface area contributed by atoms with Crippen LogP contribution in [0.15, 0.2) is 18.2 Å². The van der Waals surface area contributed by atoms with E-state index in [2.05, 4.69) is 10.6 Å². The van der Waals surface area contributed by atoms with Crippen LogP contribution in [0.1, 0.15) is 32.3 Å². The van der Waals surface area contributed by atoms with Gasteiger partial charge in [-0.2, -0.15) is 0 Å². The van der Waals surface area contributed by atoms with Crippen LogP contribution in [0.4, 0.5) is 9.18 Å². The first kappa shape index (κ1) is 16.7. The van der Waals surface area contributed by atoms with E-state index in [0.29, 0.717) is 18.4 Å². The summed E-state index contributed by atoms with van der Waals surface area (Å²) in [5.41, 5.74) is 0.270. The van der Waals surface area contributed by atoms with Crippen LogP contribution in [-0.2, 0) is 6.54 Å². The minimum Gasteiger partial charge on any atom is -0.396 e. The Morgan fingerprint density at radius 1 is 1.50 bits per heavy atom. The fraction of sp³-hybridized carbons (Fsp3) is 0.500. The third-order valence-corrected chi connectivity index (χ3v) is 3.59. The molecule has 1 rings (SSSR count). The van der Waals surface area contributed by atoms with Gasteiger partial charge in [0.15, 0.2) is 0 Å². The van der Waals surface area contributed by atoms with E-state index in [9.17, 15) is 9.18 Å². The number of carbonyl (C=O) groups is 1. The Balaban J connectivity index is 2.52. The molecule has 1 unspecified atom stereocenters. The van der Waals surface area contributed by atoms with Gasteiger partial charge in [-0.15, -0.1) is 0 Å². The molecule has 20 heavy (non-hydrogen) atoms. The highest BCUT2D eigenvalue weighted by Gasteiger charge is 2.23. The zero-order valence-corrected chi connectivity index (χ0v) is 12.4. The maximum absolute atomic E-state index is 13.0. The number of carbonyl (C=O) groups excluding carboxylic acids is 1. The highest BCUT2D eigenvalue weighted by Crippen LogP contribution is 2.16. The van der Waals surface area contributed by atoms with Gasteiger partial charge in [-0.25, -0.2) is 9.18 Å². The van der Waals surface area contributed by atoms with Crippen molar-refractivity contribution in [1.29, 1.82) is 0 Å². The fourth-order valence-corrected chi connectivity index (χ4v) is 1.93. The molecule has 0 aliphatic rings. The zero-order chi connectivity index (χ0) is 15.2. The zero-order valence-electron chi connectivity index (χ0n) is 11.7. The summed E-state index contributed by atoms with van der Waals surface area (Å²) in [6.45, 7) is 4.08. The van der Waals surface area contributed by atoms with Crippen molar-refractivity contribution in [1.82, 2.24) is 10.6 Å². The number of hydrogen-bond donors (Lipinski definition) is 3. The van der Waals surface area contributed by atoms with Gasteiger partial charge in [0, 0.05) is 18.7 Å². The second kappa shape index (κ2) is 7.45. The van der Waals surface area contributed by atoms with Crippen molar-refractivity contribution >= 4 is 17.6 Å². The molecule has 0 saturated carbocycles. The lowest BCUT2D eigenvalue weighted by Crippen LogP contribution is -2.50. The van der Waals surface area contributed by atoms with E-state index in [4.69, 9.17) is 16.7 Å². The molecule has 0 spiro atoms. The molecule has 0 aliphatic heterocycles. The van der Waals surface area contributed by atoms with Gasteiger partial charge in [-0.1, -0.05) is 24.6 Å². The van der Waals surface area contributed by atoms with Gasteiger partial charge in [-0.3, -0.25) is 0 Å². The van der Waals surface area contributed by atoms with Crippen molar-refractivity contribution in [3.8, 4) is 0 Å². The summed E-state index contributed by atoms with van der Waals surface area (Å²) in [6, 6.07) is 3.97. The minimum absolute atomic E-state index is 0.0121. The molecule has 0 fully saturated rings. The van der Waals surface area contributed by atoms with Crippen LogP contribution in [0, 0.1) is 5.82 Å². The van der Waals surface area contributed by atoms with Crippen LogP contribution >= 0.6 is 11.6 Å². The van der Waals surface area contributed by atoms with Crippen molar-refractivity contribution in [2.45, 2.75) is 38.8 Å². The number of halogens is 2. The maximum Gasteiger partial charge on any atom is 0.315 e. The van der Waals surface area contributed by atoms with Crippen LogP contribution < -0.4 is 10.6 Å². The number of nitrogens with one attached hydrogen (secondary N) is 2. The van der Waals surface area contributed by atoms with Crippen molar-refractivity contribution in [3.63, 3.8) is 0 Å². The highest BCUT2D eigenvalue weighted by molar-refractivity contribution is 6.30. The average Bonchev–Trinajstić information content (AvgIpc) is 2.40. The number of aliphatic hydroxyl groups excluding tert-OH is 1. The van der Waals surface area contributed by atoms with E-state index in [-0.39, 0.29) is 24.2 Å². The largest absolute Gasteiger partial charge is 0.396 e. The fourth-order valence-electron chi connectivity index (χ4n) is 1.72. The molecular formula is C14H20ClFN2O2. The number of amides is 2. The van der Waals surface area contributed by atoms with E-state index in [1.165, 1.54) is 12.1 Å². The van der Waals surface area contributed by atoms with Gasteiger partial charge in [0.2, 0.25) is 0 Å². The van der Waals surface area contributed by atoms with Crippen molar-refractivity contribution in [3.05, 3.63) is 34.6 Å². The van der Waals surface area contributed by atoms with Crippen LogP contribution in [0.2, 0.25) is 5.02 Å². The van der Waals surface area contributed by atoms with Crippen LogP contribution in [-0.4, -0.2) is 23.3 Å². The summed E-state index contributed by atoms with van der Waals surface area (Å²) in [6.07, 6.45) is 1.20. The summed E-state index contributed by atoms with van der Waals surface area (Å²) in [5.74, 6) is -0.485. The van der Waals surface area contributed by atoms with E-state index < -0.39 is 11.4 Å². The van der Waals surface area contributed by atoms with Gasteiger partial charge >= 0.3 is 6.03 Å². The summed E-state index contributed by atoms with van der Waals surface area (Å²) >= 11 is 5.67. The number of aliphatic hydroxyl groups is 1. The third-order valence-electron chi connectivity index (χ3n) is 3.30. The first-order chi connectivity index (χ1) is 9.40. The Bertz CT molecular complexity index is 470. The van der Waals surface area contributed by atoms with Gasteiger partial charge in [-0.05, 0) is 37.5 Å². The molecule has 0 bridgehead atoms. The van der Waals surface area contributed by atoms with Gasteiger partial charge in [0.1, 0.15) is 5.82 Å². The van der Waals surface area contributed by atoms with Gasteiger partial charge in [0.05, 0.1) is 5.02 Å². The first-order valence-electron chi connectivity index (χ1n) is 6.51. The van der Waals surface area contributed by atoms with E-state index in [1.54, 1.807) is 6.07 Å². The molecule has 112 valence electrons. The SMILES string of the molecule is CCC(C)(CCO)NC(=O)NCc1ccc(F)c(Cl)c1. The Morgan fingerprint density at radius 2 is 2.20 bits per heavy atom. The quantitative estimate of drug-likeness (QED) is 0.757. The molecule has 0 aliphatic carbocycles. The smallest absolute Gasteiger partial charge is 0.315 e. The summed E-state index contributed by atoms with van der Waals surface area (Å²) < 4.78 is 13.0. The summed E-state index contributed by atoms with van der Waals surface area (Å²) in [5, 5.41) is 14.5. The Kier molecular flexibility index (Phi) is 6.23. The molecule has 0 radical (unpaired) electrons. The number of urea groups is 1. The topological polar surface area (TPSA) is 61.4 Å². The summed E-state index contributed by atoms with van der Waals surface area (Å²) in [4.78, 5) is 11.8. The van der Waals surface area contributed by atoms with Crippen LogP contribution in [0.3, 0.4) is 0 Å². The van der Waals surface area contributed by atoms with Gasteiger partial charge < -0.3 is 15.7 Å². The molecule has 0 heterocycles. The van der Waals surface area contributed by atoms with Crippen LogP contribution in [0.25, 0.3) is 0 Å². The molecule has 3 N–H and O–H groups in total. The highest BCUT2D eigenvalue weighted by atomic mass is 35.5. The first-order valence-corrected chi connectivity index (χ1v) is 6.89. The predicted molar refractivity (Wildman–Crippen MR) is 77.2 cm³/mol. The molecule has 4 nitrogen and oxygen atoms in total. The molecule has 0 saturated heterocycles. The minimum atomic E-state index is -0.485. The lowest BCUT2D eigenvalue weighted by Gasteiger charge is -2.29. The molecular weight excluding hydrogens is 283 g/mol. The van der Waals surface area contributed by atoms with Crippen LogP contribution in [0.5, 0.6) is 0 Å². The second-order valence-electron chi connectivity index (χ2n) is 4.94. The molecule has 1 aromatic rings. The number of rotatable bonds is 6. The predicted octanol–water partition coefficient (Wildman–Crippen LogP) is 2.83. The van der Waals surface area contributed by atoms with Crippen molar-refractivity contribution in [2.24, 2.45) is 0 Å². The third kappa shape index (κ3) is 4.98. The Hall–Kier alpha value is -1.33. The molecule has 6 heteroatoms. The van der Waals surface area contributed by atoms with Crippen molar-refractivity contribution < 1.29 is 14.3 Å². The van der Waals surface area contributed by atoms with E-state index >= 15 is 0 Å². The maximum atomic E-state index is 13.0. The molecule has 1 atom stereocenters. The normalized spacial score (nSPS) is 13.7. The molecule has 0 aromatic heterocycles. The van der Waals surface area contributed by atoms with E-state index in [0.717, 1.165) is 0 Å². The lowest BCUT2D eigenvalue weighted by atomic mass is 9.95. The summed E-state index contributed by atoms with van der Waals surface area (Å²) in [7, 11) is 0.